The molecule has 1 fully saturated rings. The summed E-state index contributed by atoms with van der Waals surface area (Å²) in [5.74, 6) is -0.677. The van der Waals surface area contributed by atoms with Crippen molar-refractivity contribution in [2.45, 2.75) is 0 Å². The normalized spacial score (nSPS) is 15.7. The molecule has 1 aliphatic heterocycles. The Kier molecular flexibility index (Phi) is 6.49. The first-order chi connectivity index (χ1) is 12.8. The van der Waals surface area contributed by atoms with Crippen LogP contribution in [-0.4, -0.2) is 33.5 Å². The average Bonchev–Trinajstić information content (AvgIpc) is 2.87. The summed E-state index contributed by atoms with van der Waals surface area (Å²) in [5, 5.41) is 9.85. The lowest BCUT2D eigenvalue weighted by Gasteiger charge is -2.11. The number of rotatable bonds is 4. The number of phenolic OH excluding ortho intramolecular Hbond substituents is 1. The Morgan fingerprint density at radius 1 is 1.15 bits per heavy atom. The Hall–Kier alpha value is -1.11. The highest BCUT2D eigenvalue weighted by molar-refractivity contribution is 14.1. The maximum Gasteiger partial charge on any atom is 0.293 e. The molecule has 0 unspecified atom stereocenters. The van der Waals surface area contributed by atoms with Gasteiger partial charge in [-0.3, -0.25) is 19.3 Å². The third-order valence-electron chi connectivity index (χ3n) is 3.68. The molecular weight excluding hydrogens is 616 g/mol. The molecule has 5 nitrogen and oxygen atoms in total. The first-order valence-corrected chi connectivity index (χ1v) is 10.8. The van der Waals surface area contributed by atoms with Crippen LogP contribution in [0.2, 0.25) is 5.02 Å². The van der Waals surface area contributed by atoms with Crippen LogP contribution in [0.3, 0.4) is 0 Å². The molecule has 0 radical (unpaired) electrons. The number of phenols is 1. The molecule has 1 heterocycles. The van der Waals surface area contributed by atoms with Crippen molar-refractivity contribution in [3.8, 4) is 5.75 Å². The molecule has 0 atom stereocenters. The van der Waals surface area contributed by atoms with Gasteiger partial charge in [0.15, 0.2) is 5.78 Å². The third kappa shape index (κ3) is 4.66. The van der Waals surface area contributed by atoms with Crippen LogP contribution in [0, 0.1) is 7.14 Å². The second kappa shape index (κ2) is 8.50. The second-order valence-corrected chi connectivity index (χ2v) is 9.29. The van der Waals surface area contributed by atoms with E-state index in [1.54, 1.807) is 42.5 Å². The van der Waals surface area contributed by atoms with Gasteiger partial charge in [-0.25, -0.2) is 0 Å². The molecule has 1 N–H and O–H groups in total. The molecule has 0 aliphatic carbocycles. The van der Waals surface area contributed by atoms with Crippen LogP contribution in [0.1, 0.15) is 15.9 Å². The lowest BCUT2D eigenvalue weighted by molar-refractivity contribution is -0.122. The van der Waals surface area contributed by atoms with Crippen LogP contribution in [0.15, 0.2) is 41.3 Å². The summed E-state index contributed by atoms with van der Waals surface area (Å²) in [5.41, 5.74) is 1.07. The van der Waals surface area contributed by atoms with Gasteiger partial charge in [-0.2, -0.15) is 0 Å². The summed E-state index contributed by atoms with van der Waals surface area (Å²) in [6.45, 7) is -0.325. The average molecular weight is 626 g/mol. The second-order valence-electron chi connectivity index (χ2n) is 5.53. The summed E-state index contributed by atoms with van der Waals surface area (Å²) < 4.78 is 1.28. The number of hydrogen-bond donors (Lipinski definition) is 1. The van der Waals surface area contributed by atoms with Gasteiger partial charge in [-0.1, -0.05) is 11.6 Å². The topological polar surface area (TPSA) is 74.7 Å². The molecular formula is C18H10ClI2NO4S. The van der Waals surface area contributed by atoms with Crippen molar-refractivity contribution in [2.24, 2.45) is 0 Å². The summed E-state index contributed by atoms with van der Waals surface area (Å²) >= 11 is 10.6. The summed E-state index contributed by atoms with van der Waals surface area (Å²) in [6, 6.07) is 9.70. The van der Waals surface area contributed by atoms with E-state index in [4.69, 9.17) is 11.6 Å². The Morgan fingerprint density at radius 3 is 2.33 bits per heavy atom. The van der Waals surface area contributed by atoms with Crippen LogP contribution in [0.4, 0.5) is 4.79 Å². The highest BCUT2D eigenvalue weighted by atomic mass is 127. The number of ketones is 1. The number of Topliss-reactive ketones (excluding diaryl/α,β-unsaturated/α-hetero) is 1. The van der Waals surface area contributed by atoms with Crippen molar-refractivity contribution in [1.29, 1.82) is 0 Å². The first kappa shape index (κ1) is 20.6. The number of benzene rings is 2. The fourth-order valence-corrected chi connectivity index (χ4v) is 5.11. The van der Waals surface area contributed by atoms with E-state index in [0.29, 0.717) is 23.3 Å². The van der Waals surface area contributed by atoms with E-state index in [0.717, 1.165) is 16.7 Å². The number of carbonyl (C=O) groups excluding carboxylic acids is 3. The molecule has 27 heavy (non-hydrogen) atoms. The zero-order valence-electron chi connectivity index (χ0n) is 13.4. The Bertz CT molecular complexity index is 968. The van der Waals surface area contributed by atoms with E-state index >= 15 is 0 Å². The molecule has 138 valence electrons. The number of hydrogen-bond acceptors (Lipinski definition) is 5. The molecule has 1 saturated heterocycles. The van der Waals surface area contributed by atoms with Gasteiger partial charge in [0.1, 0.15) is 5.75 Å². The maximum absolute atomic E-state index is 12.6. The van der Waals surface area contributed by atoms with Crippen molar-refractivity contribution in [2.75, 3.05) is 6.54 Å². The SMILES string of the molecule is O=C(CN1C(=O)S/C(=C/c2cc(I)c(O)c(I)c2)C1=O)c1ccc(Cl)cc1. The minimum Gasteiger partial charge on any atom is -0.506 e. The predicted octanol–water partition coefficient (Wildman–Crippen LogP) is 5.17. The maximum atomic E-state index is 12.6. The Labute approximate surface area is 191 Å². The molecule has 1 aliphatic rings. The number of nitrogens with zero attached hydrogens (tertiary/aromatic N) is 1. The van der Waals surface area contributed by atoms with Gasteiger partial charge in [0.05, 0.1) is 18.6 Å². The van der Waals surface area contributed by atoms with Crippen molar-refractivity contribution in [1.82, 2.24) is 4.90 Å². The molecule has 2 amide bonds. The van der Waals surface area contributed by atoms with E-state index in [1.165, 1.54) is 0 Å². The molecule has 0 saturated carbocycles. The van der Waals surface area contributed by atoms with Crippen LogP contribution >= 0.6 is 68.5 Å². The standard InChI is InChI=1S/C18H10ClI2NO4S/c19-11-3-1-10(2-4-11)14(23)8-22-17(25)15(27-18(22)26)7-9-5-12(20)16(24)13(21)6-9/h1-7,24H,8H2/b15-7+. The molecule has 9 heteroatoms. The number of carbonyl (C=O) groups is 3. The minimum absolute atomic E-state index is 0.176. The molecule has 0 spiro atoms. The zero-order chi connectivity index (χ0) is 19.7. The molecule has 2 aromatic carbocycles. The quantitative estimate of drug-likeness (QED) is 0.288. The Balaban J connectivity index is 1.80. The highest BCUT2D eigenvalue weighted by Crippen LogP contribution is 2.34. The molecule has 2 aromatic rings. The number of amides is 2. The van der Waals surface area contributed by atoms with Gasteiger partial charge in [0.25, 0.3) is 11.1 Å². The van der Waals surface area contributed by atoms with E-state index in [-0.39, 0.29) is 23.0 Å². The van der Waals surface area contributed by atoms with Crippen molar-refractivity contribution in [3.05, 3.63) is 64.6 Å². The first-order valence-electron chi connectivity index (χ1n) is 7.48. The number of aromatic hydroxyl groups is 1. The summed E-state index contributed by atoms with van der Waals surface area (Å²) in [7, 11) is 0. The van der Waals surface area contributed by atoms with Gasteiger partial charge >= 0.3 is 0 Å². The molecule has 0 bridgehead atoms. The van der Waals surface area contributed by atoms with Gasteiger partial charge < -0.3 is 5.11 Å². The number of halogens is 3. The number of thioether (sulfide) groups is 1. The summed E-state index contributed by atoms with van der Waals surface area (Å²) in [6.07, 6.45) is 1.58. The fraction of sp³-hybridized carbons (Fsp3) is 0.0556. The van der Waals surface area contributed by atoms with Gasteiger partial charge in [-0.05, 0) is 105 Å². The largest absolute Gasteiger partial charge is 0.506 e. The van der Waals surface area contributed by atoms with E-state index in [9.17, 15) is 19.5 Å². The van der Waals surface area contributed by atoms with Gasteiger partial charge in [-0.15, -0.1) is 0 Å². The monoisotopic (exact) mass is 625 g/mol. The van der Waals surface area contributed by atoms with E-state index in [1.807, 2.05) is 45.2 Å². The van der Waals surface area contributed by atoms with Gasteiger partial charge in [0.2, 0.25) is 0 Å². The van der Waals surface area contributed by atoms with Crippen LogP contribution in [0.5, 0.6) is 5.75 Å². The van der Waals surface area contributed by atoms with E-state index < -0.39 is 11.1 Å². The van der Waals surface area contributed by atoms with Crippen LogP contribution in [0.25, 0.3) is 6.08 Å². The van der Waals surface area contributed by atoms with Crippen molar-refractivity contribution in [3.63, 3.8) is 0 Å². The fourth-order valence-electron chi connectivity index (χ4n) is 2.33. The lowest BCUT2D eigenvalue weighted by atomic mass is 10.1. The number of imide groups is 1. The van der Waals surface area contributed by atoms with Gasteiger partial charge in [0, 0.05) is 10.6 Å². The van der Waals surface area contributed by atoms with Crippen LogP contribution in [-0.2, 0) is 4.79 Å². The third-order valence-corrected chi connectivity index (χ3v) is 6.48. The molecule has 0 aromatic heterocycles. The highest BCUT2D eigenvalue weighted by Gasteiger charge is 2.36. The molecule has 3 rings (SSSR count). The Morgan fingerprint density at radius 2 is 1.74 bits per heavy atom. The zero-order valence-corrected chi connectivity index (χ0v) is 19.3. The predicted molar refractivity (Wildman–Crippen MR) is 122 cm³/mol. The lowest BCUT2D eigenvalue weighted by Crippen LogP contribution is -2.33. The smallest absolute Gasteiger partial charge is 0.293 e. The van der Waals surface area contributed by atoms with E-state index in [2.05, 4.69) is 0 Å². The van der Waals surface area contributed by atoms with Crippen molar-refractivity contribution < 1.29 is 19.5 Å². The van der Waals surface area contributed by atoms with Crippen LogP contribution < -0.4 is 0 Å². The summed E-state index contributed by atoms with van der Waals surface area (Å²) in [4.78, 5) is 38.3. The van der Waals surface area contributed by atoms with Crippen molar-refractivity contribution >= 4 is 91.6 Å². The minimum atomic E-state index is -0.509.